The fraction of sp³-hybridized carbons (Fsp3) is 0.321. The number of benzene rings is 2. The quantitative estimate of drug-likeness (QED) is 0.481. The number of pyridine rings is 1. The molecule has 1 saturated heterocycles. The van der Waals surface area contributed by atoms with Crippen LogP contribution in [0.25, 0.3) is 11.1 Å². The van der Waals surface area contributed by atoms with E-state index in [0.717, 1.165) is 16.7 Å². The number of amides is 1. The van der Waals surface area contributed by atoms with Gasteiger partial charge in [-0.25, -0.2) is 9.18 Å². The van der Waals surface area contributed by atoms with Crippen LogP contribution in [0.15, 0.2) is 71.7 Å². The van der Waals surface area contributed by atoms with Crippen LogP contribution in [0.4, 0.5) is 9.18 Å². The number of aromatic nitrogens is 1. The van der Waals surface area contributed by atoms with Crippen molar-refractivity contribution >= 4 is 6.09 Å². The van der Waals surface area contributed by atoms with Crippen LogP contribution in [0, 0.1) is 22.6 Å². The second-order valence-electron chi connectivity index (χ2n) is 9.72. The molecule has 3 aromatic rings. The highest BCUT2D eigenvalue weighted by atomic mass is 19.1. The van der Waals surface area contributed by atoms with Crippen LogP contribution in [0.5, 0.6) is 0 Å². The molecular weight excluding hydrogens is 445 g/mol. The second-order valence-corrected chi connectivity index (χ2v) is 9.72. The molecule has 1 aliphatic rings. The van der Waals surface area contributed by atoms with E-state index in [2.05, 4.69) is 11.1 Å². The van der Waals surface area contributed by atoms with Gasteiger partial charge in [-0.2, -0.15) is 5.26 Å². The normalized spacial score (nSPS) is 19.1. The lowest BCUT2D eigenvalue weighted by molar-refractivity contribution is -0.0770. The first-order valence-corrected chi connectivity index (χ1v) is 11.6. The Morgan fingerprint density at radius 2 is 1.74 bits per heavy atom. The molecule has 0 saturated carbocycles. The summed E-state index contributed by atoms with van der Waals surface area (Å²) in [6.07, 6.45) is 1.99. The van der Waals surface area contributed by atoms with E-state index in [0.29, 0.717) is 24.9 Å². The molecule has 2 atom stereocenters. The highest BCUT2D eigenvalue weighted by molar-refractivity contribution is 5.70. The summed E-state index contributed by atoms with van der Waals surface area (Å²) in [5, 5.41) is 9.62. The monoisotopic (exact) mass is 473 g/mol. The lowest BCUT2D eigenvalue weighted by Crippen LogP contribution is -2.50. The first kappa shape index (κ1) is 24.2. The highest BCUT2D eigenvalue weighted by Crippen LogP contribution is 2.44. The smallest absolute Gasteiger partial charge is 0.411 e. The van der Waals surface area contributed by atoms with Crippen LogP contribution in [-0.2, 0) is 10.3 Å². The van der Waals surface area contributed by atoms with Gasteiger partial charge in [0.15, 0.2) is 0 Å². The number of hydrogen-bond donors (Lipinski definition) is 1. The Morgan fingerprint density at radius 3 is 2.31 bits per heavy atom. The Labute approximate surface area is 204 Å². The molecule has 0 radical (unpaired) electrons. The number of rotatable bonds is 6. The first-order valence-electron chi connectivity index (χ1n) is 11.6. The molecule has 1 N–H and O–H groups in total. The SMILES string of the molecule is C[C@@H](c1ccc(-c2ccc(=O)[nH]c2)cc1)N1CC[C@](CC(C)(C)C#N)(c2ccc(F)cc2)OC1=O. The van der Waals surface area contributed by atoms with Gasteiger partial charge in [-0.15, -0.1) is 0 Å². The number of carbonyl (C=O) groups excluding carboxylic acids is 1. The average molecular weight is 474 g/mol. The largest absolute Gasteiger partial charge is 0.438 e. The molecule has 0 bridgehead atoms. The van der Waals surface area contributed by atoms with Crippen molar-refractivity contribution in [1.82, 2.24) is 9.88 Å². The minimum Gasteiger partial charge on any atom is -0.438 e. The van der Waals surface area contributed by atoms with E-state index in [1.54, 1.807) is 29.3 Å². The molecule has 4 rings (SSSR count). The molecule has 1 aromatic heterocycles. The summed E-state index contributed by atoms with van der Waals surface area (Å²) in [5.41, 5.74) is 1.58. The standard InChI is InChI=1S/C28H28FN3O3/c1-19(20-4-6-21(7-5-20)22-8-13-25(33)31-16-22)32-15-14-28(35-26(32)34,17-27(2,3)18-30)23-9-11-24(29)12-10-23/h4-13,16,19H,14-15,17H2,1-3H3,(H,31,33)/t19-,28-/m0/s1. The van der Waals surface area contributed by atoms with Crippen molar-refractivity contribution in [1.29, 1.82) is 5.26 Å². The molecule has 1 aliphatic heterocycles. The number of ether oxygens (including phenoxy) is 1. The van der Waals surface area contributed by atoms with Crippen molar-refractivity contribution < 1.29 is 13.9 Å². The number of hydrogen-bond acceptors (Lipinski definition) is 4. The Balaban J connectivity index is 1.56. The maximum atomic E-state index is 13.6. The van der Waals surface area contributed by atoms with Crippen LogP contribution in [0.2, 0.25) is 0 Å². The van der Waals surface area contributed by atoms with Crippen LogP contribution in [0.1, 0.15) is 50.8 Å². The number of halogens is 1. The van der Waals surface area contributed by atoms with Crippen LogP contribution in [0.3, 0.4) is 0 Å². The van der Waals surface area contributed by atoms with E-state index < -0.39 is 17.1 Å². The predicted molar refractivity (Wildman–Crippen MR) is 131 cm³/mol. The first-order chi connectivity index (χ1) is 16.6. The summed E-state index contributed by atoms with van der Waals surface area (Å²) < 4.78 is 19.7. The maximum absolute atomic E-state index is 13.6. The molecule has 2 heterocycles. The van der Waals surface area contributed by atoms with Gasteiger partial charge in [-0.3, -0.25) is 4.79 Å². The van der Waals surface area contributed by atoms with Gasteiger partial charge in [0.2, 0.25) is 5.56 Å². The summed E-state index contributed by atoms with van der Waals surface area (Å²) in [5.74, 6) is -0.369. The predicted octanol–water partition coefficient (Wildman–Crippen LogP) is 5.92. The fourth-order valence-electron chi connectivity index (χ4n) is 4.68. The number of nitrogens with zero attached hydrogens (tertiary/aromatic N) is 2. The summed E-state index contributed by atoms with van der Waals surface area (Å²) in [7, 11) is 0. The molecule has 0 spiro atoms. The van der Waals surface area contributed by atoms with Crippen LogP contribution < -0.4 is 5.56 Å². The summed E-state index contributed by atoms with van der Waals surface area (Å²) in [6.45, 7) is 6.00. The molecular formula is C28H28FN3O3. The van der Waals surface area contributed by atoms with Gasteiger partial charge >= 0.3 is 6.09 Å². The van der Waals surface area contributed by atoms with Crippen LogP contribution in [-0.4, -0.2) is 22.5 Å². The van der Waals surface area contributed by atoms with Gasteiger partial charge in [0.25, 0.3) is 0 Å². The lowest BCUT2D eigenvalue weighted by atomic mass is 9.75. The zero-order chi connectivity index (χ0) is 25.2. The van der Waals surface area contributed by atoms with Gasteiger partial charge in [0.1, 0.15) is 11.4 Å². The summed E-state index contributed by atoms with van der Waals surface area (Å²) in [4.78, 5) is 28.9. The summed E-state index contributed by atoms with van der Waals surface area (Å²) >= 11 is 0. The number of nitrogens with one attached hydrogen (secondary N) is 1. The number of cyclic esters (lactones) is 1. The maximum Gasteiger partial charge on any atom is 0.411 e. The Bertz CT molecular complexity index is 1290. The Kier molecular flexibility index (Phi) is 6.49. The zero-order valence-corrected chi connectivity index (χ0v) is 20.0. The Hall–Kier alpha value is -3.92. The summed E-state index contributed by atoms with van der Waals surface area (Å²) in [6, 6.07) is 19.1. The minimum atomic E-state index is -1.01. The molecule has 0 unspecified atom stereocenters. The van der Waals surface area contributed by atoms with Crippen molar-refractivity contribution in [2.75, 3.05) is 6.54 Å². The molecule has 1 fully saturated rings. The second kappa shape index (κ2) is 9.38. The molecule has 6 nitrogen and oxygen atoms in total. The fourth-order valence-corrected chi connectivity index (χ4v) is 4.68. The van der Waals surface area contributed by atoms with Crippen LogP contribution >= 0.6 is 0 Å². The number of nitriles is 1. The van der Waals surface area contributed by atoms with Crippen molar-refractivity contribution in [2.24, 2.45) is 5.41 Å². The third-order valence-electron chi connectivity index (χ3n) is 6.65. The molecule has 180 valence electrons. The van der Waals surface area contributed by atoms with Gasteiger partial charge < -0.3 is 14.6 Å². The van der Waals surface area contributed by atoms with E-state index >= 15 is 0 Å². The molecule has 35 heavy (non-hydrogen) atoms. The van der Waals surface area contributed by atoms with Gasteiger partial charge in [-0.05, 0) is 61.2 Å². The average Bonchev–Trinajstić information content (AvgIpc) is 2.84. The van der Waals surface area contributed by atoms with E-state index in [1.807, 2.05) is 45.0 Å². The van der Waals surface area contributed by atoms with E-state index in [4.69, 9.17) is 4.74 Å². The van der Waals surface area contributed by atoms with E-state index in [1.165, 1.54) is 18.2 Å². The number of carbonyl (C=O) groups is 1. The highest BCUT2D eigenvalue weighted by Gasteiger charge is 2.46. The van der Waals surface area contributed by atoms with Gasteiger partial charge in [0, 0.05) is 31.6 Å². The minimum absolute atomic E-state index is 0.155. The van der Waals surface area contributed by atoms with E-state index in [9.17, 15) is 19.2 Å². The number of H-pyrrole nitrogens is 1. The third-order valence-corrected chi connectivity index (χ3v) is 6.65. The molecule has 7 heteroatoms. The Morgan fingerprint density at radius 1 is 1.09 bits per heavy atom. The third kappa shape index (κ3) is 5.12. The van der Waals surface area contributed by atoms with Crippen molar-refractivity contribution in [3.05, 3.63) is 94.2 Å². The van der Waals surface area contributed by atoms with Crippen molar-refractivity contribution in [3.63, 3.8) is 0 Å². The zero-order valence-electron chi connectivity index (χ0n) is 20.0. The molecule has 0 aliphatic carbocycles. The molecule has 1 amide bonds. The van der Waals surface area contributed by atoms with Gasteiger partial charge in [0.05, 0.1) is 17.5 Å². The topological polar surface area (TPSA) is 86.2 Å². The van der Waals surface area contributed by atoms with E-state index in [-0.39, 0.29) is 17.4 Å². The van der Waals surface area contributed by atoms with Gasteiger partial charge in [-0.1, -0.05) is 36.4 Å². The van der Waals surface area contributed by atoms with Crippen molar-refractivity contribution in [3.8, 4) is 17.2 Å². The van der Waals surface area contributed by atoms with Crippen molar-refractivity contribution in [2.45, 2.75) is 45.3 Å². The molecule has 2 aromatic carbocycles. The lowest BCUT2D eigenvalue weighted by Gasteiger charge is -2.45. The number of aromatic amines is 1.